The number of nitrogens with two attached hydrogens (primary N) is 1. The van der Waals surface area contributed by atoms with Crippen LogP contribution in [0.15, 0.2) is 41.4 Å². The van der Waals surface area contributed by atoms with E-state index in [1.54, 1.807) is 14.2 Å². The van der Waals surface area contributed by atoms with Crippen LogP contribution in [0.25, 0.3) is 0 Å². The second-order valence-corrected chi connectivity index (χ2v) is 5.72. The first-order chi connectivity index (χ1) is 12.7. The summed E-state index contributed by atoms with van der Waals surface area (Å²) >= 11 is 0. The molecule has 0 aromatic heterocycles. The smallest absolute Gasteiger partial charge is 0.193 e. The van der Waals surface area contributed by atoms with Gasteiger partial charge < -0.3 is 30.0 Å². The highest BCUT2D eigenvalue weighted by molar-refractivity contribution is 5.92. The number of fused-ring (bicyclic) bond motifs is 1. The fourth-order valence-corrected chi connectivity index (χ4v) is 2.58. The molecule has 0 bridgehead atoms. The molecular formula is C19H23N3O4. The molecule has 26 heavy (non-hydrogen) atoms. The zero-order valence-corrected chi connectivity index (χ0v) is 15.0. The molecular weight excluding hydrogens is 334 g/mol. The van der Waals surface area contributed by atoms with E-state index >= 15 is 0 Å². The number of methoxy groups -OCH3 is 2. The summed E-state index contributed by atoms with van der Waals surface area (Å²) in [5, 5.41) is 3.07. The van der Waals surface area contributed by atoms with E-state index in [9.17, 15) is 0 Å². The number of aliphatic imine (C=N–C) groups is 1. The molecule has 0 saturated carbocycles. The van der Waals surface area contributed by atoms with E-state index in [4.69, 9.17) is 24.7 Å². The monoisotopic (exact) mass is 357 g/mol. The summed E-state index contributed by atoms with van der Waals surface area (Å²) in [5.74, 6) is 3.19. The van der Waals surface area contributed by atoms with Gasteiger partial charge >= 0.3 is 0 Å². The van der Waals surface area contributed by atoms with E-state index in [-0.39, 0.29) is 0 Å². The number of hydrogen-bond acceptors (Lipinski definition) is 5. The summed E-state index contributed by atoms with van der Waals surface area (Å²) in [7, 11) is 3.23. The molecule has 1 heterocycles. The lowest BCUT2D eigenvalue weighted by molar-refractivity contribution is 0.297. The van der Waals surface area contributed by atoms with Gasteiger partial charge in [0, 0.05) is 29.8 Å². The molecule has 0 fully saturated rings. The molecule has 0 atom stereocenters. The lowest BCUT2D eigenvalue weighted by Crippen LogP contribution is -2.22. The summed E-state index contributed by atoms with van der Waals surface area (Å²) in [6, 6.07) is 11.2. The number of benzene rings is 2. The van der Waals surface area contributed by atoms with Crippen LogP contribution < -0.4 is 30.0 Å². The van der Waals surface area contributed by atoms with Crippen LogP contribution in [0, 0.1) is 0 Å². The Bertz CT molecular complexity index is 792. The molecule has 0 unspecified atom stereocenters. The highest BCUT2D eigenvalue weighted by atomic mass is 16.5. The predicted molar refractivity (Wildman–Crippen MR) is 101 cm³/mol. The Morgan fingerprint density at radius 1 is 1.08 bits per heavy atom. The summed E-state index contributed by atoms with van der Waals surface area (Å²) in [4.78, 5) is 4.37. The molecule has 0 spiro atoms. The van der Waals surface area contributed by atoms with Crippen molar-refractivity contribution in [1.82, 2.24) is 0 Å². The minimum absolute atomic E-state index is 0.303. The number of nitrogens with one attached hydrogen (secondary N) is 1. The van der Waals surface area contributed by atoms with Crippen molar-refractivity contribution < 1.29 is 18.9 Å². The van der Waals surface area contributed by atoms with Gasteiger partial charge in [-0.15, -0.1) is 0 Å². The van der Waals surface area contributed by atoms with Gasteiger partial charge in [0.15, 0.2) is 17.5 Å². The molecule has 0 aliphatic carbocycles. The van der Waals surface area contributed by atoms with Crippen LogP contribution in [0.5, 0.6) is 23.0 Å². The van der Waals surface area contributed by atoms with Crippen LogP contribution in [0.2, 0.25) is 0 Å². The van der Waals surface area contributed by atoms with Gasteiger partial charge in [-0.1, -0.05) is 0 Å². The molecule has 7 heteroatoms. The zero-order valence-electron chi connectivity index (χ0n) is 15.0. The highest BCUT2D eigenvalue weighted by Crippen LogP contribution is 2.32. The van der Waals surface area contributed by atoms with Crippen molar-refractivity contribution in [3.63, 3.8) is 0 Å². The first kappa shape index (κ1) is 17.7. The Balaban J connectivity index is 1.68. The number of nitrogens with zero attached hydrogens (tertiary/aromatic N) is 1. The van der Waals surface area contributed by atoms with E-state index < -0.39 is 0 Å². The third-order valence-corrected chi connectivity index (χ3v) is 3.93. The SMILES string of the molecule is COc1ccc(CN=C(N)Nc2ccc3c(c2)OCCCO3)c(OC)c1. The van der Waals surface area contributed by atoms with Crippen molar-refractivity contribution in [1.29, 1.82) is 0 Å². The van der Waals surface area contributed by atoms with Gasteiger partial charge in [0.05, 0.1) is 34.0 Å². The minimum atomic E-state index is 0.303. The first-order valence-electron chi connectivity index (χ1n) is 8.37. The predicted octanol–water partition coefficient (Wildman–Crippen LogP) is 2.79. The number of ether oxygens (including phenoxy) is 4. The Hall–Kier alpha value is -3.09. The van der Waals surface area contributed by atoms with Crippen molar-refractivity contribution in [2.75, 3.05) is 32.8 Å². The van der Waals surface area contributed by atoms with E-state index in [0.29, 0.717) is 37.2 Å². The molecule has 3 rings (SSSR count). The molecule has 2 aromatic rings. The van der Waals surface area contributed by atoms with E-state index in [2.05, 4.69) is 10.3 Å². The van der Waals surface area contributed by atoms with Crippen LogP contribution in [0.3, 0.4) is 0 Å². The summed E-state index contributed by atoms with van der Waals surface area (Å²) in [6.07, 6.45) is 0.866. The van der Waals surface area contributed by atoms with Crippen molar-refractivity contribution in [2.24, 2.45) is 10.7 Å². The third kappa shape index (κ3) is 4.30. The van der Waals surface area contributed by atoms with E-state index in [1.807, 2.05) is 36.4 Å². The molecule has 1 aliphatic rings. The van der Waals surface area contributed by atoms with Crippen LogP contribution in [-0.2, 0) is 6.54 Å². The molecule has 3 N–H and O–H groups in total. The van der Waals surface area contributed by atoms with Crippen molar-refractivity contribution in [3.8, 4) is 23.0 Å². The molecule has 0 amide bonds. The number of anilines is 1. The van der Waals surface area contributed by atoms with Gasteiger partial charge in [-0.2, -0.15) is 0 Å². The maximum Gasteiger partial charge on any atom is 0.193 e. The quantitative estimate of drug-likeness (QED) is 0.632. The Labute approximate surface area is 152 Å². The van der Waals surface area contributed by atoms with Gasteiger partial charge in [0.2, 0.25) is 0 Å². The molecule has 0 radical (unpaired) electrons. The van der Waals surface area contributed by atoms with Crippen molar-refractivity contribution in [3.05, 3.63) is 42.0 Å². The van der Waals surface area contributed by atoms with Gasteiger partial charge in [0.1, 0.15) is 11.5 Å². The Kier molecular flexibility index (Phi) is 5.68. The van der Waals surface area contributed by atoms with Crippen molar-refractivity contribution in [2.45, 2.75) is 13.0 Å². The first-order valence-corrected chi connectivity index (χ1v) is 8.37. The van der Waals surface area contributed by atoms with Gasteiger partial charge in [-0.25, -0.2) is 4.99 Å². The van der Waals surface area contributed by atoms with Crippen LogP contribution in [-0.4, -0.2) is 33.4 Å². The highest BCUT2D eigenvalue weighted by Gasteiger charge is 2.11. The minimum Gasteiger partial charge on any atom is -0.497 e. The third-order valence-electron chi connectivity index (χ3n) is 3.93. The molecule has 138 valence electrons. The topological polar surface area (TPSA) is 87.3 Å². The number of guanidine groups is 1. The van der Waals surface area contributed by atoms with Crippen LogP contribution >= 0.6 is 0 Å². The normalized spacial score (nSPS) is 13.7. The van der Waals surface area contributed by atoms with E-state index in [1.165, 1.54) is 0 Å². The maximum atomic E-state index is 6.01. The lowest BCUT2D eigenvalue weighted by atomic mass is 10.2. The van der Waals surface area contributed by atoms with Crippen molar-refractivity contribution >= 4 is 11.6 Å². The summed E-state index contributed by atoms with van der Waals surface area (Å²) in [5.41, 5.74) is 7.71. The zero-order chi connectivity index (χ0) is 18.4. The van der Waals surface area contributed by atoms with Gasteiger partial charge in [-0.3, -0.25) is 0 Å². The molecule has 2 aromatic carbocycles. The Morgan fingerprint density at radius 3 is 2.65 bits per heavy atom. The van der Waals surface area contributed by atoms with Crippen LogP contribution in [0.4, 0.5) is 5.69 Å². The number of hydrogen-bond donors (Lipinski definition) is 2. The summed E-state index contributed by atoms with van der Waals surface area (Å²) < 4.78 is 21.9. The number of rotatable bonds is 5. The fraction of sp³-hybridized carbons (Fsp3) is 0.316. The molecule has 1 aliphatic heterocycles. The van der Waals surface area contributed by atoms with E-state index in [0.717, 1.165) is 29.2 Å². The average Bonchev–Trinajstić information content (AvgIpc) is 2.91. The molecule has 7 nitrogen and oxygen atoms in total. The summed E-state index contributed by atoms with van der Waals surface area (Å²) in [6.45, 7) is 1.68. The maximum absolute atomic E-state index is 6.01. The van der Waals surface area contributed by atoms with Crippen LogP contribution in [0.1, 0.15) is 12.0 Å². The van der Waals surface area contributed by atoms with Gasteiger partial charge in [0.25, 0.3) is 0 Å². The molecule has 0 saturated heterocycles. The second kappa shape index (κ2) is 8.33. The largest absolute Gasteiger partial charge is 0.497 e. The Morgan fingerprint density at radius 2 is 1.88 bits per heavy atom. The van der Waals surface area contributed by atoms with Gasteiger partial charge in [-0.05, 0) is 24.3 Å². The lowest BCUT2D eigenvalue weighted by Gasteiger charge is -2.11. The average molecular weight is 357 g/mol. The second-order valence-electron chi connectivity index (χ2n) is 5.72. The standard InChI is InChI=1S/C19H23N3O4/c1-23-15-6-4-13(17(11-15)24-2)12-21-19(20)22-14-5-7-16-18(10-14)26-9-3-8-25-16/h4-7,10-11H,3,8-9,12H2,1-2H3,(H3,20,21,22). The fourth-order valence-electron chi connectivity index (χ4n) is 2.58.